The third kappa shape index (κ3) is 7.03. The Kier molecular flexibility index (Phi) is 8.51. The number of ether oxygens (including phenoxy) is 1. The molecule has 198 valence electrons. The standard InChI is InChI=1S/C30H29F3N2O3/c1-38-27-15-11-23(12-16-27)13-17-28(36)34-20-26(14-10-22-6-3-2-4-7-22)35(29(37)21-34)19-24-8-5-9-25(18-24)30(31,32)33/h2-9,11-13,15-18,26H,10,14,19-21H2,1H3/b17-13+/t26-/m0/s1. The van der Waals surface area contributed by atoms with Gasteiger partial charge in [0.2, 0.25) is 11.8 Å². The maximum absolute atomic E-state index is 13.2. The maximum Gasteiger partial charge on any atom is 0.416 e. The number of carbonyl (C=O) groups excluding carboxylic acids is 2. The molecule has 5 nitrogen and oxygen atoms in total. The lowest BCUT2D eigenvalue weighted by atomic mass is 10.00. The molecule has 2 amide bonds. The van der Waals surface area contributed by atoms with Crippen LogP contribution in [0.25, 0.3) is 6.08 Å². The van der Waals surface area contributed by atoms with Crippen LogP contribution >= 0.6 is 0 Å². The van der Waals surface area contributed by atoms with Gasteiger partial charge in [-0.05, 0) is 59.9 Å². The molecule has 0 saturated carbocycles. The Morgan fingerprint density at radius 2 is 1.71 bits per heavy atom. The lowest BCUT2D eigenvalue weighted by Gasteiger charge is -2.41. The highest BCUT2D eigenvalue weighted by atomic mass is 19.4. The van der Waals surface area contributed by atoms with Crippen LogP contribution in [0, 0.1) is 0 Å². The topological polar surface area (TPSA) is 49.9 Å². The van der Waals surface area contributed by atoms with Crippen molar-refractivity contribution in [3.05, 3.63) is 107 Å². The van der Waals surface area contributed by atoms with Crippen molar-refractivity contribution in [1.29, 1.82) is 0 Å². The highest BCUT2D eigenvalue weighted by Gasteiger charge is 2.35. The fourth-order valence-electron chi connectivity index (χ4n) is 4.52. The molecule has 0 bridgehead atoms. The lowest BCUT2D eigenvalue weighted by Crippen LogP contribution is -2.57. The average Bonchev–Trinajstić information content (AvgIpc) is 2.92. The van der Waals surface area contributed by atoms with Crippen molar-refractivity contribution in [3.8, 4) is 5.75 Å². The van der Waals surface area contributed by atoms with E-state index in [2.05, 4.69) is 0 Å². The van der Waals surface area contributed by atoms with E-state index in [1.807, 2.05) is 42.5 Å². The minimum Gasteiger partial charge on any atom is -0.497 e. The van der Waals surface area contributed by atoms with Crippen LogP contribution in [0.4, 0.5) is 13.2 Å². The zero-order valence-electron chi connectivity index (χ0n) is 21.0. The summed E-state index contributed by atoms with van der Waals surface area (Å²) >= 11 is 0. The molecule has 0 unspecified atom stereocenters. The monoisotopic (exact) mass is 522 g/mol. The zero-order valence-corrected chi connectivity index (χ0v) is 21.0. The smallest absolute Gasteiger partial charge is 0.416 e. The Morgan fingerprint density at radius 1 is 1.00 bits per heavy atom. The van der Waals surface area contributed by atoms with E-state index in [0.717, 1.165) is 23.3 Å². The molecule has 0 N–H and O–H groups in total. The molecule has 4 rings (SSSR count). The van der Waals surface area contributed by atoms with Gasteiger partial charge in [-0.25, -0.2) is 0 Å². The third-order valence-corrected chi connectivity index (χ3v) is 6.58. The SMILES string of the molecule is COc1ccc(/C=C/C(=O)N2CC(=O)N(Cc3cccc(C(F)(F)F)c3)[C@@H](CCc3ccccc3)C2)cc1. The minimum atomic E-state index is -4.46. The first-order chi connectivity index (χ1) is 18.2. The normalized spacial score (nSPS) is 16.2. The van der Waals surface area contributed by atoms with Gasteiger partial charge in [0.1, 0.15) is 12.3 Å². The summed E-state index contributed by atoms with van der Waals surface area (Å²) in [5.74, 6) is 0.118. The molecule has 0 aromatic heterocycles. The van der Waals surface area contributed by atoms with Crippen LogP contribution in [0.15, 0.2) is 84.9 Å². The largest absolute Gasteiger partial charge is 0.497 e. The van der Waals surface area contributed by atoms with E-state index in [9.17, 15) is 22.8 Å². The van der Waals surface area contributed by atoms with E-state index in [0.29, 0.717) is 30.7 Å². The van der Waals surface area contributed by atoms with Crippen molar-refractivity contribution >= 4 is 17.9 Å². The van der Waals surface area contributed by atoms with Crippen LogP contribution in [-0.2, 0) is 28.7 Å². The second-order valence-corrected chi connectivity index (χ2v) is 9.22. The van der Waals surface area contributed by atoms with Gasteiger partial charge in [0.15, 0.2) is 0 Å². The molecule has 1 heterocycles. The van der Waals surface area contributed by atoms with Crippen molar-refractivity contribution in [2.45, 2.75) is 31.6 Å². The summed E-state index contributed by atoms with van der Waals surface area (Å²) < 4.78 is 44.9. The molecule has 1 saturated heterocycles. The van der Waals surface area contributed by atoms with Crippen molar-refractivity contribution in [1.82, 2.24) is 9.80 Å². The minimum absolute atomic E-state index is 0.0475. The molecule has 0 aliphatic carbocycles. The Hall–Kier alpha value is -4.07. The van der Waals surface area contributed by atoms with E-state index in [1.165, 1.54) is 17.0 Å². The number of hydrogen-bond acceptors (Lipinski definition) is 3. The van der Waals surface area contributed by atoms with Gasteiger partial charge in [-0.3, -0.25) is 9.59 Å². The maximum atomic E-state index is 13.2. The van der Waals surface area contributed by atoms with E-state index in [-0.39, 0.29) is 30.9 Å². The summed E-state index contributed by atoms with van der Waals surface area (Å²) in [6.45, 7) is 0.210. The molecular weight excluding hydrogens is 493 g/mol. The first kappa shape index (κ1) is 27.0. The summed E-state index contributed by atoms with van der Waals surface area (Å²) in [7, 11) is 1.58. The molecule has 1 fully saturated rings. The number of hydrogen-bond donors (Lipinski definition) is 0. The van der Waals surface area contributed by atoms with E-state index in [1.54, 1.807) is 36.3 Å². The first-order valence-electron chi connectivity index (χ1n) is 12.3. The number of methoxy groups -OCH3 is 1. The van der Waals surface area contributed by atoms with Crippen molar-refractivity contribution in [2.75, 3.05) is 20.2 Å². The predicted molar refractivity (Wildman–Crippen MR) is 139 cm³/mol. The number of piperazine rings is 1. The number of halogens is 3. The van der Waals surface area contributed by atoms with Crippen LogP contribution in [0.2, 0.25) is 0 Å². The van der Waals surface area contributed by atoms with Crippen LogP contribution in [0.5, 0.6) is 5.75 Å². The summed E-state index contributed by atoms with van der Waals surface area (Å²) in [5.41, 5.74) is 1.55. The Labute approximate surface area is 220 Å². The van der Waals surface area contributed by atoms with Crippen LogP contribution in [-0.4, -0.2) is 47.9 Å². The van der Waals surface area contributed by atoms with Crippen LogP contribution in [0.1, 0.15) is 28.7 Å². The number of nitrogens with zero attached hydrogens (tertiary/aromatic N) is 2. The number of rotatable bonds is 8. The second kappa shape index (κ2) is 12.0. The van der Waals surface area contributed by atoms with Crippen molar-refractivity contribution in [3.63, 3.8) is 0 Å². The summed E-state index contributed by atoms with van der Waals surface area (Å²) in [4.78, 5) is 29.3. The lowest BCUT2D eigenvalue weighted by molar-refractivity contribution is -0.147. The molecule has 1 atom stereocenters. The molecule has 3 aromatic carbocycles. The molecule has 0 spiro atoms. The third-order valence-electron chi connectivity index (χ3n) is 6.58. The van der Waals surface area contributed by atoms with Gasteiger partial charge in [0.25, 0.3) is 0 Å². The van der Waals surface area contributed by atoms with Gasteiger partial charge in [-0.1, -0.05) is 54.6 Å². The summed E-state index contributed by atoms with van der Waals surface area (Å²) in [5, 5.41) is 0. The number of alkyl halides is 3. The van der Waals surface area contributed by atoms with Gasteiger partial charge in [-0.15, -0.1) is 0 Å². The number of amides is 2. The van der Waals surface area contributed by atoms with Gasteiger partial charge < -0.3 is 14.5 Å². The van der Waals surface area contributed by atoms with Gasteiger partial charge in [0, 0.05) is 19.2 Å². The molecule has 0 radical (unpaired) electrons. The quantitative estimate of drug-likeness (QED) is 0.362. The predicted octanol–water partition coefficient (Wildman–Crippen LogP) is 5.60. The Balaban J connectivity index is 1.51. The van der Waals surface area contributed by atoms with Crippen molar-refractivity contribution in [2.24, 2.45) is 0 Å². The molecule has 1 aliphatic rings. The van der Waals surface area contributed by atoms with Crippen LogP contribution in [0.3, 0.4) is 0 Å². The molecule has 8 heteroatoms. The van der Waals surface area contributed by atoms with E-state index >= 15 is 0 Å². The fourth-order valence-corrected chi connectivity index (χ4v) is 4.52. The summed E-state index contributed by atoms with van der Waals surface area (Å²) in [6.07, 6.45) is -0.109. The van der Waals surface area contributed by atoms with Gasteiger partial charge >= 0.3 is 6.18 Å². The second-order valence-electron chi connectivity index (χ2n) is 9.22. The fraction of sp³-hybridized carbons (Fsp3) is 0.267. The summed E-state index contributed by atoms with van der Waals surface area (Å²) in [6, 6.07) is 21.7. The Morgan fingerprint density at radius 3 is 2.39 bits per heavy atom. The van der Waals surface area contributed by atoms with Gasteiger partial charge in [0.05, 0.1) is 18.7 Å². The number of benzene rings is 3. The highest BCUT2D eigenvalue weighted by molar-refractivity contribution is 5.95. The molecular formula is C30H29F3N2O3. The van der Waals surface area contributed by atoms with E-state index < -0.39 is 11.7 Å². The first-order valence-corrected chi connectivity index (χ1v) is 12.3. The van der Waals surface area contributed by atoms with Crippen LogP contribution < -0.4 is 4.74 Å². The number of carbonyl (C=O) groups is 2. The molecule has 38 heavy (non-hydrogen) atoms. The Bertz CT molecular complexity index is 1270. The highest BCUT2D eigenvalue weighted by Crippen LogP contribution is 2.30. The van der Waals surface area contributed by atoms with E-state index in [4.69, 9.17) is 4.74 Å². The van der Waals surface area contributed by atoms with Gasteiger partial charge in [-0.2, -0.15) is 13.2 Å². The van der Waals surface area contributed by atoms with Crippen molar-refractivity contribution < 1.29 is 27.5 Å². The zero-order chi connectivity index (χ0) is 27.1. The molecule has 1 aliphatic heterocycles. The number of aryl methyl sites for hydroxylation is 1. The average molecular weight is 523 g/mol. The molecule has 3 aromatic rings.